The van der Waals surface area contributed by atoms with E-state index in [1.54, 1.807) is 0 Å². The lowest BCUT2D eigenvalue weighted by Crippen LogP contribution is -1.86. The first kappa shape index (κ1) is 3.44. The van der Waals surface area contributed by atoms with Gasteiger partial charge in [0.15, 0.2) is 0 Å². The second-order valence-corrected chi connectivity index (χ2v) is 2.61. The molecule has 1 aliphatic heterocycles. The van der Waals surface area contributed by atoms with Crippen molar-refractivity contribution in [3.05, 3.63) is 34.7 Å². The fraction of sp³-hybridized carbons (Fsp3) is 0. The minimum absolute atomic E-state index is 0.945. The van der Waals surface area contributed by atoms with Crippen molar-refractivity contribution in [2.45, 2.75) is 0 Å². The number of rotatable bonds is 0. The largest absolute Gasteiger partial charge is 0.102 e. The monoisotopic (exact) mass is 104 g/mol. The molecule has 0 amide bonds. The average molecular weight is 104 g/mol. The third-order valence-electron chi connectivity index (χ3n) is 1.25. The molecule has 0 N–H and O–H groups in total. The van der Waals surface area contributed by atoms with Crippen LogP contribution in [0.2, 0.25) is 0 Å². The molecule has 2 aliphatic rings. The number of fused-ring (bicyclic) bond motifs is 1. The highest BCUT2D eigenvalue weighted by atomic mass is 28.2. The lowest BCUT2D eigenvalue weighted by Gasteiger charge is -2.05. The van der Waals surface area contributed by atoms with Gasteiger partial charge in [0.1, 0.15) is 9.52 Å². The summed E-state index contributed by atoms with van der Waals surface area (Å²) in [6, 6.07) is 0. The summed E-state index contributed by atoms with van der Waals surface area (Å²) in [5.74, 6) is 0. The Balaban J connectivity index is 2.62. The Bertz CT molecular complexity index is 164. The molecule has 0 saturated heterocycles. The molecule has 0 spiro atoms. The van der Waals surface area contributed by atoms with E-state index in [1.807, 2.05) is 0 Å². The second kappa shape index (κ2) is 0.983. The van der Waals surface area contributed by atoms with Gasteiger partial charge in [-0.1, -0.05) is 23.6 Å². The van der Waals surface area contributed by atoms with Crippen LogP contribution in [-0.4, -0.2) is 9.52 Å². The maximum Gasteiger partial charge on any atom is 0.102 e. The van der Waals surface area contributed by atoms with Crippen LogP contribution in [0.15, 0.2) is 34.7 Å². The van der Waals surface area contributed by atoms with Gasteiger partial charge in [0.2, 0.25) is 0 Å². The molecule has 0 atom stereocenters. The van der Waals surface area contributed by atoms with Crippen molar-refractivity contribution in [2.75, 3.05) is 0 Å². The van der Waals surface area contributed by atoms with Crippen LogP contribution in [0.3, 0.4) is 0 Å². The smallest absolute Gasteiger partial charge is 0.0861 e. The zero-order chi connectivity index (χ0) is 4.69. The normalized spacial score (nSPS) is 22.9. The van der Waals surface area contributed by atoms with Gasteiger partial charge in [-0.15, -0.1) is 0 Å². The molecule has 0 fully saturated rings. The molecule has 2 radical (unpaired) electrons. The summed E-state index contributed by atoms with van der Waals surface area (Å²) in [5.41, 5.74) is 7.46. The molecule has 0 saturated carbocycles. The van der Waals surface area contributed by atoms with Gasteiger partial charge in [-0.05, 0) is 11.1 Å². The Labute approximate surface area is 45.1 Å². The summed E-state index contributed by atoms with van der Waals surface area (Å²) in [6.07, 6.45) is 4.32. The predicted octanol–water partition coefficient (Wildman–Crippen LogP) is 1.04. The van der Waals surface area contributed by atoms with Crippen LogP contribution in [-0.2, 0) is 0 Å². The van der Waals surface area contributed by atoms with E-state index in [9.17, 15) is 0 Å². The Hall–Kier alpha value is -0.563. The summed E-state index contributed by atoms with van der Waals surface area (Å²) in [4.78, 5) is 0. The minimum Gasteiger partial charge on any atom is -0.0861 e. The Morgan fingerprint density at radius 1 is 1.00 bits per heavy atom. The van der Waals surface area contributed by atoms with E-state index >= 15 is 0 Å². The van der Waals surface area contributed by atoms with Gasteiger partial charge in [0, 0.05) is 0 Å². The molecule has 7 heavy (non-hydrogen) atoms. The van der Waals surface area contributed by atoms with Gasteiger partial charge in [-0.3, -0.25) is 0 Å². The van der Waals surface area contributed by atoms with E-state index in [-0.39, 0.29) is 0 Å². The van der Waals surface area contributed by atoms with Gasteiger partial charge >= 0.3 is 0 Å². The molecule has 1 aliphatic carbocycles. The van der Waals surface area contributed by atoms with Crippen LogP contribution in [0.1, 0.15) is 0 Å². The molecule has 0 aromatic rings. The van der Waals surface area contributed by atoms with Crippen molar-refractivity contribution >= 4 is 9.52 Å². The first-order valence-electron chi connectivity index (χ1n) is 2.32. The Kier molecular flexibility index (Phi) is 0.483. The fourth-order valence-corrected chi connectivity index (χ4v) is 1.73. The van der Waals surface area contributed by atoms with Crippen LogP contribution in [0.5, 0.6) is 0 Å². The van der Waals surface area contributed by atoms with E-state index in [4.69, 9.17) is 0 Å². The molecule has 0 bridgehead atoms. The van der Waals surface area contributed by atoms with Gasteiger partial charge in [-0.2, -0.15) is 0 Å². The van der Waals surface area contributed by atoms with Crippen molar-refractivity contribution in [1.82, 2.24) is 0 Å². The maximum atomic E-state index is 2.27. The summed E-state index contributed by atoms with van der Waals surface area (Å²) in [7, 11) is 0.945. The maximum absolute atomic E-state index is 2.27. The number of allylic oxidation sites excluding steroid dienone is 4. The highest BCUT2D eigenvalue weighted by molar-refractivity contribution is 6.50. The highest BCUT2D eigenvalue weighted by Gasteiger charge is 2.10. The average Bonchev–Trinajstić information content (AvgIpc) is 1.85. The molecule has 0 aromatic heterocycles. The summed E-state index contributed by atoms with van der Waals surface area (Å²) in [6.45, 7) is 0. The standard InChI is InChI=1S/C6H4Si/c1-2-6-4-7-3-5(1)6/h1-4H. The minimum atomic E-state index is 0.945. The summed E-state index contributed by atoms with van der Waals surface area (Å²) < 4.78 is 0. The van der Waals surface area contributed by atoms with Crippen molar-refractivity contribution in [2.24, 2.45) is 0 Å². The molecule has 32 valence electrons. The van der Waals surface area contributed by atoms with Gasteiger partial charge in [0.25, 0.3) is 0 Å². The quantitative estimate of drug-likeness (QED) is 0.403. The molecular formula is C6H4Si. The van der Waals surface area contributed by atoms with Crippen LogP contribution >= 0.6 is 0 Å². The van der Waals surface area contributed by atoms with Crippen molar-refractivity contribution in [3.8, 4) is 0 Å². The van der Waals surface area contributed by atoms with Gasteiger partial charge in [0.05, 0.1) is 0 Å². The van der Waals surface area contributed by atoms with Crippen molar-refractivity contribution in [1.29, 1.82) is 0 Å². The summed E-state index contributed by atoms with van der Waals surface area (Å²) >= 11 is 0. The topological polar surface area (TPSA) is 0 Å². The molecule has 0 unspecified atom stereocenters. The van der Waals surface area contributed by atoms with E-state index < -0.39 is 0 Å². The third-order valence-corrected chi connectivity index (χ3v) is 2.21. The van der Waals surface area contributed by atoms with E-state index in [1.165, 1.54) is 11.1 Å². The molecule has 0 nitrogen and oxygen atoms in total. The van der Waals surface area contributed by atoms with Gasteiger partial charge in [-0.25, -0.2) is 0 Å². The Morgan fingerprint density at radius 2 is 1.57 bits per heavy atom. The molecule has 1 heterocycles. The first-order valence-corrected chi connectivity index (χ1v) is 3.47. The third kappa shape index (κ3) is 0.308. The highest BCUT2D eigenvalue weighted by Crippen LogP contribution is 2.25. The zero-order valence-electron chi connectivity index (χ0n) is 3.81. The van der Waals surface area contributed by atoms with Crippen LogP contribution in [0.25, 0.3) is 0 Å². The number of hydrogen-bond acceptors (Lipinski definition) is 0. The predicted molar refractivity (Wildman–Crippen MR) is 31.1 cm³/mol. The lowest BCUT2D eigenvalue weighted by atomic mass is 10.00. The summed E-state index contributed by atoms with van der Waals surface area (Å²) in [5, 5.41) is 0. The SMILES string of the molecule is C1=CC2=C[Si]C=C12. The molecule has 0 aromatic carbocycles. The zero-order valence-corrected chi connectivity index (χ0v) is 4.81. The van der Waals surface area contributed by atoms with E-state index in [0.717, 1.165) is 9.52 Å². The van der Waals surface area contributed by atoms with E-state index in [0.29, 0.717) is 0 Å². The second-order valence-electron chi connectivity index (χ2n) is 1.70. The van der Waals surface area contributed by atoms with Crippen LogP contribution in [0, 0.1) is 0 Å². The lowest BCUT2D eigenvalue weighted by molar-refractivity contribution is 1.50. The Morgan fingerprint density at radius 3 is 1.86 bits per heavy atom. The van der Waals surface area contributed by atoms with Crippen LogP contribution < -0.4 is 0 Å². The first-order chi connectivity index (χ1) is 3.47. The van der Waals surface area contributed by atoms with Crippen LogP contribution in [0.4, 0.5) is 0 Å². The fourth-order valence-electron chi connectivity index (χ4n) is 0.760. The molecule has 2 rings (SSSR count). The molecule has 1 heteroatoms. The van der Waals surface area contributed by atoms with Crippen molar-refractivity contribution < 1.29 is 0 Å². The van der Waals surface area contributed by atoms with Gasteiger partial charge < -0.3 is 0 Å². The molecular weight excluding hydrogens is 100 g/mol. The van der Waals surface area contributed by atoms with Crippen molar-refractivity contribution in [3.63, 3.8) is 0 Å². The van der Waals surface area contributed by atoms with E-state index in [2.05, 4.69) is 23.6 Å². The number of hydrogen-bond donors (Lipinski definition) is 0.